The lowest BCUT2D eigenvalue weighted by atomic mass is 10.1. The summed E-state index contributed by atoms with van der Waals surface area (Å²) in [6.45, 7) is 1.42. The third-order valence-electron chi connectivity index (χ3n) is 3.17. The number of fused-ring (bicyclic) bond motifs is 1. The summed E-state index contributed by atoms with van der Waals surface area (Å²) in [5.74, 6) is 1.56. The lowest BCUT2D eigenvalue weighted by Gasteiger charge is -2.12. The number of hydrogen-bond donors (Lipinski definition) is 2. The van der Waals surface area contributed by atoms with Gasteiger partial charge in [-0.15, -0.1) is 0 Å². The fourth-order valence-electron chi connectivity index (χ4n) is 2.10. The number of rotatable bonds is 5. The van der Waals surface area contributed by atoms with Gasteiger partial charge in [0, 0.05) is 31.0 Å². The Morgan fingerprint density at radius 1 is 1.25 bits per heavy atom. The van der Waals surface area contributed by atoms with Crippen molar-refractivity contribution in [3.63, 3.8) is 0 Å². The molecule has 1 unspecified atom stereocenters. The number of aromatic nitrogens is 1. The van der Waals surface area contributed by atoms with Crippen molar-refractivity contribution in [2.24, 2.45) is 0 Å². The average Bonchev–Trinajstić information content (AvgIpc) is 2.95. The molecule has 1 atom stereocenters. The highest BCUT2D eigenvalue weighted by Crippen LogP contribution is 2.32. The van der Waals surface area contributed by atoms with Crippen molar-refractivity contribution in [3.8, 4) is 11.5 Å². The fourth-order valence-corrected chi connectivity index (χ4v) is 2.10. The first-order valence-electron chi connectivity index (χ1n) is 6.50. The Morgan fingerprint density at radius 2 is 2.15 bits per heavy atom. The van der Waals surface area contributed by atoms with Crippen molar-refractivity contribution >= 4 is 0 Å². The molecule has 104 valence electrons. The Morgan fingerprint density at radius 3 is 3.00 bits per heavy atom. The largest absolute Gasteiger partial charge is 0.454 e. The minimum absolute atomic E-state index is 0.284. The number of ether oxygens (including phenoxy) is 2. The molecule has 2 aromatic rings. The highest BCUT2D eigenvalue weighted by Gasteiger charge is 2.13. The first kappa shape index (κ1) is 12.9. The summed E-state index contributed by atoms with van der Waals surface area (Å²) in [5.41, 5.74) is 1.90. The SMILES string of the molecule is OC(CNCc1ccc2c(c1)OCO2)c1cccnc1. The van der Waals surface area contributed by atoms with Gasteiger partial charge in [0.25, 0.3) is 0 Å². The average molecular weight is 272 g/mol. The Hall–Kier alpha value is -2.11. The van der Waals surface area contributed by atoms with Gasteiger partial charge in [0.05, 0.1) is 6.10 Å². The predicted octanol–water partition coefficient (Wildman–Crippen LogP) is 1.63. The van der Waals surface area contributed by atoms with Gasteiger partial charge in [-0.05, 0) is 23.8 Å². The molecule has 20 heavy (non-hydrogen) atoms. The van der Waals surface area contributed by atoms with Crippen LogP contribution in [0.3, 0.4) is 0 Å². The van der Waals surface area contributed by atoms with Crippen molar-refractivity contribution < 1.29 is 14.6 Å². The first-order valence-corrected chi connectivity index (χ1v) is 6.50. The van der Waals surface area contributed by atoms with E-state index in [1.165, 1.54) is 0 Å². The Balaban J connectivity index is 1.53. The van der Waals surface area contributed by atoms with E-state index in [0.29, 0.717) is 13.1 Å². The van der Waals surface area contributed by atoms with E-state index >= 15 is 0 Å². The third kappa shape index (κ3) is 2.89. The van der Waals surface area contributed by atoms with Crippen molar-refractivity contribution in [1.29, 1.82) is 0 Å². The van der Waals surface area contributed by atoms with Crippen molar-refractivity contribution in [2.75, 3.05) is 13.3 Å². The molecule has 2 heterocycles. The second kappa shape index (κ2) is 5.90. The van der Waals surface area contributed by atoms with Crippen LogP contribution in [0.4, 0.5) is 0 Å². The second-order valence-corrected chi connectivity index (χ2v) is 4.62. The van der Waals surface area contributed by atoms with Crippen LogP contribution in [0.25, 0.3) is 0 Å². The molecule has 0 radical (unpaired) electrons. The lowest BCUT2D eigenvalue weighted by molar-refractivity contribution is 0.173. The van der Waals surface area contributed by atoms with Gasteiger partial charge in [0.1, 0.15) is 0 Å². The van der Waals surface area contributed by atoms with Crippen molar-refractivity contribution in [1.82, 2.24) is 10.3 Å². The van der Waals surface area contributed by atoms with Crippen LogP contribution in [0, 0.1) is 0 Å². The molecule has 0 aliphatic carbocycles. The number of aliphatic hydroxyl groups is 1. The Labute approximate surface area is 117 Å². The van der Waals surface area contributed by atoms with Crippen LogP contribution in [-0.4, -0.2) is 23.4 Å². The number of hydrogen-bond acceptors (Lipinski definition) is 5. The summed E-state index contributed by atoms with van der Waals surface area (Å²) >= 11 is 0. The van der Waals surface area contributed by atoms with E-state index in [9.17, 15) is 5.11 Å². The molecule has 0 amide bonds. The third-order valence-corrected chi connectivity index (χ3v) is 3.17. The molecule has 1 aromatic carbocycles. The Bertz CT molecular complexity index is 575. The zero-order chi connectivity index (χ0) is 13.8. The van der Waals surface area contributed by atoms with Crippen LogP contribution in [0.2, 0.25) is 0 Å². The fraction of sp³-hybridized carbons (Fsp3) is 0.267. The maximum absolute atomic E-state index is 10.0. The highest BCUT2D eigenvalue weighted by atomic mass is 16.7. The minimum atomic E-state index is -0.558. The number of nitrogens with zero attached hydrogens (tertiary/aromatic N) is 1. The quantitative estimate of drug-likeness (QED) is 0.866. The number of pyridine rings is 1. The molecule has 1 aliphatic rings. The second-order valence-electron chi connectivity index (χ2n) is 4.62. The summed E-state index contributed by atoms with van der Waals surface area (Å²) < 4.78 is 10.6. The molecule has 0 bridgehead atoms. The van der Waals surface area contributed by atoms with Crippen LogP contribution in [0.1, 0.15) is 17.2 Å². The molecule has 2 N–H and O–H groups in total. The number of aliphatic hydroxyl groups excluding tert-OH is 1. The van der Waals surface area contributed by atoms with Gasteiger partial charge < -0.3 is 19.9 Å². The van der Waals surface area contributed by atoms with Gasteiger partial charge in [0.15, 0.2) is 11.5 Å². The number of nitrogens with one attached hydrogen (secondary N) is 1. The van der Waals surface area contributed by atoms with E-state index in [0.717, 1.165) is 22.6 Å². The molecule has 5 heteroatoms. The molecular formula is C15H16N2O3. The van der Waals surface area contributed by atoms with Gasteiger partial charge in [-0.3, -0.25) is 4.98 Å². The van der Waals surface area contributed by atoms with Crippen LogP contribution in [-0.2, 0) is 6.54 Å². The molecule has 0 spiro atoms. The molecule has 0 fully saturated rings. The van der Waals surface area contributed by atoms with E-state index in [-0.39, 0.29) is 6.79 Å². The molecule has 1 aromatic heterocycles. The van der Waals surface area contributed by atoms with Gasteiger partial charge in [-0.1, -0.05) is 12.1 Å². The molecule has 0 saturated carbocycles. The van der Waals surface area contributed by atoms with E-state index in [1.807, 2.05) is 30.3 Å². The van der Waals surface area contributed by atoms with Crippen LogP contribution < -0.4 is 14.8 Å². The van der Waals surface area contributed by atoms with E-state index in [4.69, 9.17) is 9.47 Å². The van der Waals surface area contributed by atoms with Gasteiger partial charge in [-0.25, -0.2) is 0 Å². The van der Waals surface area contributed by atoms with Gasteiger partial charge >= 0.3 is 0 Å². The van der Waals surface area contributed by atoms with Crippen LogP contribution in [0.5, 0.6) is 11.5 Å². The molecule has 5 nitrogen and oxygen atoms in total. The summed E-state index contributed by atoms with van der Waals surface area (Å²) in [5, 5.41) is 13.2. The maximum Gasteiger partial charge on any atom is 0.231 e. The molecule has 0 saturated heterocycles. The summed E-state index contributed by atoms with van der Waals surface area (Å²) in [4.78, 5) is 3.99. The summed E-state index contributed by atoms with van der Waals surface area (Å²) in [6, 6.07) is 9.51. The minimum Gasteiger partial charge on any atom is -0.454 e. The van der Waals surface area contributed by atoms with Crippen LogP contribution in [0.15, 0.2) is 42.7 Å². The van der Waals surface area contributed by atoms with E-state index in [1.54, 1.807) is 12.4 Å². The molecular weight excluding hydrogens is 256 g/mol. The zero-order valence-corrected chi connectivity index (χ0v) is 11.0. The van der Waals surface area contributed by atoms with Crippen molar-refractivity contribution in [2.45, 2.75) is 12.6 Å². The maximum atomic E-state index is 10.0. The van der Waals surface area contributed by atoms with Crippen molar-refractivity contribution in [3.05, 3.63) is 53.9 Å². The lowest BCUT2D eigenvalue weighted by Crippen LogP contribution is -2.21. The topological polar surface area (TPSA) is 63.6 Å². The van der Waals surface area contributed by atoms with E-state index in [2.05, 4.69) is 10.3 Å². The Kier molecular flexibility index (Phi) is 3.80. The summed E-state index contributed by atoms with van der Waals surface area (Å²) in [6.07, 6.45) is 2.81. The highest BCUT2D eigenvalue weighted by molar-refractivity contribution is 5.44. The monoisotopic (exact) mass is 272 g/mol. The first-order chi connectivity index (χ1) is 9.83. The standard InChI is InChI=1S/C15H16N2O3/c18-13(12-2-1-5-16-8-12)9-17-7-11-3-4-14-15(6-11)20-10-19-14/h1-6,8,13,17-18H,7,9-10H2. The predicted molar refractivity (Wildman–Crippen MR) is 73.5 cm³/mol. The summed E-state index contributed by atoms with van der Waals surface area (Å²) in [7, 11) is 0. The molecule has 3 rings (SSSR count). The smallest absolute Gasteiger partial charge is 0.231 e. The zero-order valence-electron chi connectivity index (χ0n) is 11.0. The van der Waals surface area contributed by atoms with E-state index < -0.39 is 6.10 Å². The molecule has 1 aliphatic heterocycles. The van der Waals surface area contributed by atoms with Crippen LogP contribution >= 0.6 is 0 Å². The van der Waals surface area contributed by atoms with Gasteiger partial charge in [-0.2, -0.15) is 0 Å². The van der Waals surface area contributed by atoms with Gasteiger partial charge in [0.2, 0.25) is 6.79 Å². The normalized spacial score (nSPS) is 14.2. The number of benzene rings is 1.